The molecule has 0 spiro atoms. The average Bonchev–Trinajstić information content (AvgIpc) is 2.29. The Morgan fingerprint density at radius 3 is 2.65 bits per heavy atom. The van der Waals surface area contributed by atoms with Gasteiger partial charge in [-0.3, -0.25) is 0 Å². The lowest BCUT2D eigenvalue weighted by molar-refractivity contribution is 0.438. The molecule has 92 valence electrons. The van der Waals surface area contributed by atoms with Crippen LogP contribution in [0.15, 0.2) is 35.2 Å². The highest BCUT2D eigenvalue weighted by molar-refractivity contribution is 7.89. The van der Waals surface area contributed by atoms with Crippen LogP contribution < -0.4 is 5.73 Å². The molecule has 0 atom stereocenters. The molecule has 2 N–H and O–H groups in total. The second-order valence-corrected chi connectivity index (χ2v) is 6.07. The molecule has 0 fully saturated rings. The second kappa shape index (κ2) is 4.50. The minimum Gasteiger partial charge on any atom is -0.398 e. The molecule has 0 bridgehead atoms. The van der Waals surface area contributed by atoms with Crippen molar-refractivity contribution in [2.75, 3.05) is 18.8 Å². The van der Waals surface area contributed by atoms with Crippen LogP contribution in [0.4, 0.5) is 5.69 Å². The lowest BCUT2D eigenvalue weighted by Crippen LogP contribution is -2.34. The molecule has 0 saturated heterocycles. The van der Waals surface area contributed by atoms with E-state index in [0.29, 0.717) is 18.8 Å². The Morgan fingerprint density at radius 1 is 1.29 bits per heavy atom. The Hall–Kier alpha value is -1.33. The number of nitrogen functional groups attached to an aromatic ring is 1. The number of benzene rings is 1. The van der Waals surface area contributed by atoms with E-state index in [-0.39, 0.29) is 4.90 Å². The van der Waals surface area contributed by atoms with E-state index >= 15 is 0 Å². The fourth-order valence-electron chi connectivity index (χ4n) is 1.88. The monoisotopic (exact) mass is 252 g/mol. The highest BCUT2D eigenvalue weighted by Crippen LogP contribution is 2.24. The molecule has 0 amide bonds. The van der Waals surface area contributed by atoms with Crippen molar-refractivity contribution in [3.63, 3.8) is 0 Å². The molecule has 2 rings (SSSR count). The van der Waals surface area contributed by atoms with Crippen LogP contribution in [0.5, 0.6) is 0 Å². The molecule has 0 aliphatic carbocycles. The number of nitrogens with zero attached hydrogens (tertiary/aromatic N) is 1. The highest BCUT2D eigenvalue weighted by atomic mass is 32.2. The lowest BCUT2D eigenvalue weighted by Gasteiger charge is -2.23. The number of anilines is 1. The summed E-state index contributed by atoms with van der Waals surface area (Å²) in [5.41, 5.74) is 7.07. The van der Waals surface area contributed by atoms with Crippen molar-refractivity contribution in [1.29, 1.82) is 0 Å². The van der Waals surface area contributed by atoms with Crippen LogP contribution in [0, 0.1) is 6.92 Å². The Labute approximate surface area is 102 Å². The van der Waals surface area contributed by atoms with Crippen LogP contribution in [0.3, 0.4) is 0 Å². The van der Waals surface area contributed by atoms with Gasteiger partial charge in [0.25, 0.3) is 0 Å². The van der Waals surface area contributed by atoms with Crippen molar-refractivity contribution < 1.29 is 8.42 Å². The molecule has 1 aliphatic heterocycles. The fourth-order valence-corrected chi connectivity index (χ4v) is 3.38. The molecular weight excluding hydrogens is 236 g/mol. The maximum atomic E-state index is 12.3. The van der Waals surface area contributed by atoms with Gasteiger partial charge in [0.15, 0.2) is 0 Å². The maximum Gasteiger partial charge on any atom is 0.245 e. The van der Waals surface area contributed by atoms with E-state index in [2.05, 4.69) is 0 Å². The number of hydrogen-bond donors (Lipinski definition) is 1. The first-order chi connectivity index (χ1) is 8.01. The van der Waals surface area contributed by atoms with Gasteiger partial charge in [0.2, 0.25) is 10.0 Å². The number of sulfonamides is 1. The van der Waals surface area contributed by atoms with Crippen molar-refractivity contribution in [2.24, 2.45) is 0 Å². The lowest BCUT2D eigenvalue weighted by atomic mass is 10.2. The SMILES string of the molecule is Cc1ccc(S(=O)(=O)N2CC=CCC2)c(N)c1. The zero-order valence-corrected chi connectivity index (χ0v) is 10.6. The van der Waals surface area contributed by atoms with Crippen LogP contribution in [0.2, 0.25) is 0 Å². The van der Waals surface area contributed by atoms with Gasteiger partial charge < -0.3 is 5.73 Å². The molecule has 1 aliphatic rings. The van der Waals surface area contributed by atoms with Crippen LogP contribution in [0.1, 0.15) is 12.0 Å². The molecule has 17 heavy (non-hydrogen) atoms. The molecular formula is C12H16N2O2S. The average molecular weight is 252 g/mol. The van der Waals surface area contributed by atoms with Gasteiger partial charge in [-0.1, -0.05) is 18.2 Å². The van der Waals surface area contributed by atoms with E-state index < -0.39 is 10.0 Å². The summed E-state index contributed by atoms with van der Waals surface area (Å²) in [7, 11) is -3.45. The Kier molecular flexibility index (Phi) is 3.22. The van der Waals surface area contributed by atoms with Crippen LogP contribution >= 0.6 is 0 Å². The summed E-state index contributed by atoms with van der Waals surface area (Å²) in [5.74, 6) is 0. The van der Waals surface area contributed by atoms with Gasteiger partial charge in [0.05, 0.1) is 5.69 Å². The van der Waals surface area contributed by atoms with Gasteiger partial charge in [-0.05, 0) is 31.0 Å². The molecule has 1 aromatic carbocycles. The summed E-state index contributed by atoms with van der Waals surface area (Å²) in [6, 6.07) is 5.04. The van der Waals surface area contributed by atoms with E-state index in [0.717, 1.165) is 12.0 Å². The Morgan fingerprint density at radius 2 is 2.06 bits per heavy atom. The predicted molar refractivity (Wildman–Crippen MR) is 68.1 cm³/mol. The van der Waals surface area contributed by atoms with E-state index in [1.807, 2.05) is 19.1 Å². The quantitative estimate of drug-likeness (QED) is 0.641. The smallest absolute Gasteiger partial charge is 0.245 e. The molecule has 0 saturated carbocycles. The Bertz CT molecular complexity index is 550. The van der Waals surface area contributed by atoms with Crippen molar-refractivity contribution in [2.45, 2.75) is 18.2 Å². The Balaban J connectivity index is 2.40. The molecule has 1 heterocycles. The van der Waals surface area contributed by atoms with Gasteiger partial charge in [-0.2, -0.15) is 4.31 Å². The van der Waals surface area contributed by atoms with E-state index in [9.17, 15) is 8.42 Å². The molecule has 0 radical (unpaired) electrons. The minimum absolute atomic E-state index is 0.207. The summed E-state index contributed by atoms with van der Waals surface area (Å²) >= 11 is 0. The zero-order valence-electron chi connectivity index (χ0n) is 9.76. The summed E-state index contributed by atoms with van der Waals surface area (Å²) in [6.45, 7) is 2.83. The van der Waals surface area contributed by atoms with E-state index in [4.69, 9.17) is 5.73 Å². The maximum absolute atomic E-state index is 12.3. The topological polar surface area (TPSA) is 63.4 Å². The number of aryl methyl sites for hydroxylation is 1. The summed E-state index contributed by atoms with van der Waals surface area (Å²) in [5, 5.41) is 0. The van der Waals surface area contributed by atoms with Crippen molar-refractivity contribution in [3.05, 3.63) is 35.9 Å². The van der Waals surface area contributed by atoms with Gasteiger partial charge in [0.1, 0.15) is 4.90 Å². The van der Waals surface area contributed by atoms with E-state index in [1.165, 1.54) is 4.31 Å². The first kappa shape index (κ1) is 12.1. The molecule has 1 aromatic rings. The standard InChI is InChI=1S/C12H16N2O2S/c1-10-5-6-12(11(13)9-10)17(15,16)14-7-3-2-4-8-14/h2-3,5-6,9H,4,7-8,13H2,1H3. The summed E-state index contributed by atoms with van der Waals surface area (Å²) in [6.07, 6.45) is 4.61. The van der Waals surface area contributed by atoms with Gasteiger partial charge in [-0.15, -0.1) is 0 Å². The number of nitrogens with two attached hydrogens (primary N) is 1. The molecule has 5 heteroatoms. The van der Waals surface area contributed by atoms with Gasteiger partial charge >= 0.3 is 0 Å². The van der Waals surface area contributed by atoms with Crippen LogP contribution in [-0.2, 0) is 10.0 Å². The second-order valence-electron chi connectivity index (χ2n) is 4.16. The normalized spacial score (nSPS) is 17.2. The first-order valence-electron chi connectivity index (χ1n) is 5.53. The van der Waals surface area contributed by atoms with Crippen LogP contribution in [-0.4, -0.2) is 25.8 Å². The minimum atomic E-state index is -3.45. The van der Waals surface area contributed by atoms with Crippen molar-refractivity contribution in [3.8, 4) is 0 Å². The molecule has 0 aromatic heterocycles. The number of rotatable bonds is 2. The van der Waals surface area contributed by atoms with Gasteiger partial charge in [-0.25, -0.2) is 8.42 Å². The van der Waals surface area contributed by atoms with Crippen LogP contribution in [0.25, 0.3) is 0 Å². The third kappa shape index (κ3) is 2.35. The largest absolute Gasteiger partial charge is 0.398 e. The summed E-state index contributed by atoms with van der Waals surface area (Å²) in [4.78, 5) is 0.207. The predicted octanol–water partition coefficient (Wildman–Crippen LogP) is 1.53. The first-order valence-corrected chi connectivity index (χ1v) is 6.97. The third-order valence-electron chi connectivity index (χ3n) is 2.80. The van der Waals surface area contributed by atoms with Crippen molar-refractivity contribution in [1.82, 2.24) is 4.31 Å². The summed E-state index contributed by atoms with van der Waals surface area (Å²) < 4.78 is 26.1. The highest BCUT2D eigenvalue weighted by Gasteiger charge is 2.26. The van der Waals surface area contributed by atoms with E-state index in [1.54, 1.807) is 18.2 Å². The zero-order chi connectivity index (χ0) is 12.5. The fraction of sp³-hybridized carbons (Fsp3) is 0.333. The van der Waals surface area contributed by atoms with Crippen molar-refractivity contribution >= 4 is 15.7 Å². The third-order valence-corrected chi connectivity index (χ3v) is 4.74. The molecule has 4 nitrogen and oxygen atoms in total. The van der Waals surface area contributed by atoms with Gasteiger partial charge in [0, 0.05) is 13.1 Å². The number of hydrogen-bond acceptors (Lipinski definition) is 3. The molecule has 0 unspecified atom stereocenters.